The number of benzene rings is 2. The average molecular weight is 380 g/mol. The number of fused-ring (bicyclic) bond motifs is 3. The second-order valence-electron chi connectivity index (χ2n) is 6.18. The normalized spacial score (nSPS) is 12.3. The van der Waals surface area contributed by atoms with Crippen molar-refractivity contribution in [1.29, 1.82) is 0 Å². The fourth-order valence-electron chi connectivity index (χ4n) is 3.29. The Kier molecular flexibility index (Phi) is 4.37. The highest BCUT2D eigenvalue weighted by Gasteiger charge is 2.29. The number of hydrogen-bond donors (Lipinski definition) is 1. The van der Waals surface area contributed by atoms with Gasteiger partial charge in [0.1, 0.15) is 6.61 Å². The van der Waals surface area contributed by atoms with Crippen LogP contribution < -0.4 is 4.90 Å². The zero-order valence-corrected chi connectivity index (χ0v) is 15.3. The lowest BCUT2D eigenvalue weighted by Crippen LogP contribution is -2.28. The summed E-state index contributed by atoms with van der Waals surface area (Å²) in [4.78, 5) is 28.5. The molecule has 3 aromatic rings. The molecule has 1 aliphatic carbocycles. The van der Waals surface area contributed by atoms with Crippen LogP contribution in [0.3, 0.4) is 0 Å². The van der Waals surface area contributed by atoms with Crippen LogP contribution in [0.15, 0.2) is 53.9 Å². The Morgan fingerprint density at radius 1 is 1.11 bits per heavy atom. The molecular weight excluding hydrogens is 364 g/mol. The number of anilines is 1. The fraction of sp³-hybridized carbons (Fsp3) is 0.150. The first-order valence-electron chi connectivity index (χ1n) is 8.34. The van der Waals surface area contributed by atoms with Crippen molar-refractivity contribution in [2.24, 2.45) is 0 Å². The van der Waals surface area contributed by atoms with Gasteiger partial charge in [-0.05, 0) is 22.3 Å². The molecule has 0 spiro atoms. The Balaban J connectivity index is 1.51. The number of rotatable bonds is 4. The zero-order valence-electron chi connectivity index (χ0n) is 14.5. The van der Waals surface area contributed by atoms with E-state index in [1.54, 1.807) is 0 Å². The molecule has 1 aliphatic rings. The molecule has 1 amide bonds. The SMILES string of the molecule is CN(C(=O)OCC1c2ccccc2-c2ccccc21)c1nc(C(=O)O)cs1. The highest BCUT2D eigenvalue weighted by Crippen LogP contribution is 2.44. The third-order valence-corrected chi connectivity index (χ3v) is 5.53. The smallest absolute Gasteiger partial charge is 0.415 e. The fourth-order valence-corrected chi connectivity index (χ4v) is 4.04. The largest absolute Gasteiger partial charge is 0.476 e. The summed E-state index contributed by atoms with van der Waals surface area (Å²) in [6, 6.07) is 16.2. The van der Waals surface area contributed by atoms with Gasteiger partial charge in [-0.3, -0.25) is 4.90 Å². The minimum Gasteiger partial charge on any atom is -0.476 e. The molecule has 1 aromatic heterocycles. The number of carboxylic acid groups (broad SMARTS) is 1. The minimum atomic E-state index is -1.13. The van der Waals surface area contributed by atoms with Crippen molar-refractivity contribution < 1.29 is 19.4 Å². The lowest BCUT2D eigenvalue weighted by atomic mass is 9.98. The van der Waals surface area contributed by atoms with E-state index in [4.69, 9.17) is 9.84 Å². The first kappa shape index (κ1) is 17.2. The van der Waals surface area contributed by atoms with Crippen LogP contribution in [0.2, 0.25) is 0 Å². The molecule has 1 heterocycles. The maximum atomic E-state index is 12.4. The van der Waals surface area contributed by atoms with Crippen molar-refractivity contribution in [3.63, 3.8) is 0 Å². The van der Waals surface area contributed by atoms with Crippen LogP contribution in [-0.4, -0.2) is 35.8 Å². The molecule has 2 aromatic carbocycles. The number of hydrogen-bond acceptors (Lipinski definition) is 5. The topological polar surface area (TPSA) is 79.7 Å². The summed E-state index contributed by atoms with van der Waals surface area (Å²) >= 11 is 1.08. The van der Waals surface area contributed by atoms with Gasteiger partial charge in [-0.25, -0.2) is 14.6 Å². The van der Waals surface area contributed by atoms with Crippen molar-refractivity contribution in [2.75, 3.05) is 18.6 Å². The molecule has 27 heavy (non-hydrogen) atoms. The molecule has 0 atom stereocenters. The molecule has 0 radical (unpaired) electrons. The van der Waals surface area contributed by atoms with E-state index in [2.05, 4.69) is 29.2 Å². The second kappa shape index (κ2) is 6.85. The van der Waals surface area contributed by atoms with Gasteiger partial charge in [-0.2, -0.15) is 0 Å². The summed E-state index contributed by atoms with van der Waals surface area (Å²) in [5.41, 5.74) is 4.50. The van der Waals surface area contributed by atoms with Crippen LogP contribution in [0.25, 0.3) is 11.1 Å². The Hall–Kier alpha value is -3.19. The molecule has 0 saturated carbocycles. The molecule has 4 rings (SSSR count). The molecule has 7 heteroatoms. The van der Waals surface area contributed by atoms with Gasteiger partial charge in [0.2, 0.25) is 0 Å². The van der Waals surface area contributed by atoms with Gasteiger partial charge in [0.05, 0.1) is 0 Å². The second-order valence-corrected chi connectivity index (χ2v) is 7.02. The van der Waals surface area contributed by atoms with Gasteiger partial charge in [0, 0.05) is 18.3 Å². The summed E-state index contributed by atoms with van der Waals surface area (Å²) in [5, 5.41) is 10.6. The summed E-state index contributed by atoms with van der Waals surface area (Å²) in [6.45, 7) is 0.203. The Morgan fingerprint density at radius 3 is 2.26 bits per heavy atom. The third-order valence-electron chi connectivity index (χ3n) is 4.61. The monoisotopic (exact) mass is 380 g/mol. The molecule has 1 N–H and O–H groups in total. The standard InChI is InChI=1S/C20H16N2O4S/c1-22(19-21-17(11-27-19)18(23)24)20(25)26-10-16-14-8-4-2-6-12(14)13-7-3-5-9-15(13)16/h2-9,11,16H,10H2,1H3,(H,23,24). The zero-order chi connectivity index (χ0) is 19.0. The number of ether oxygens (including phenoxy) is 1. The number of nitrogens with zero attached hydrogens (tertiary/aromatic N) is 2. The predicted octanol–water partition coefficient (Wildman–Crippen LogP) is 4.23. The van der Waals surface area contributed by atoms with Crippen LogP contribution in [0.1, 0.15) is 27.5 Å². The number of carbonyl (C=O) groups is 2. The van der Waals surface area contributed by atoms with E-state index < -0.39 is 12.1 Å². The molecule has 136 valence electrons. The quantitative estimate of drug-likeness (QED) is 0.733. The van der Waals surface area contributed by atoms with Crippen LogP contribution in [-0.2, 0) is 4.74 Å². The number of aromatic nitrogens is 1. The summed E-state index contributed by atoms with van der Waals surface area (Å²) < 4.78 is 5.53. The van der Waals surface area contributed by atoms with E-state index in [9.17, 15) is 9.59 Å². The van der Waals surface area contributed by atoms with E-state index in [0.29, 0.717) is 0 Å². The lowest BCUT2D eigenvalue weighted by Gasteiger charge is -2.18. The van der Waals surface area contributed by atoms with E-state index in [0.717, 1.165) is 33.6 Å². The molecule has 6 nitrogen and oxygen atoms in total. The summed E-state index contributed by atoms with van der Waals surface area (Å²) in [6.07, 6.45) is -0.567. The first-order chi connectivity index (χ1) is 13.1. The van der Waals surface area contributed by atoms with E-state index in [1.807, 2.05) is 24.3 Å². The van der Waals surface area contributed by atoms with Crippen LogP contribution >= 0.6 is 11.3 Å². The number of thiazole rings is 1. The molecule has 0 unspecified atom stereocenters. The van der Waals surface area contributed by atoms with Crippen LogP contribution in [0.4, 0.5) is 9.93 Å². The van der Waals surface area contributed by atoms with Gasteiger partial charge in [-0.1, -0.05) is 48.5 Å². The van der Waals surface area contributed by atoms with Crippen molar-refractivity contribution in [2.45, 2.75) is 5.92 Å². The maximum Gasteiger partial charge on any atom is 0.415 e. The van der Waals surface area contributed by atoms with Gasteiger partial charge in [0.25, 0.3) is 0 Å². The highest BCUT2D eigenvalue weighted by atomic mass is 32.1. The Morgan fingerprint density at radius 2 is 1.70 bits per heavy atom. The highest BCUT2D eigenvalue weighted by molar-refractivity contribution is 7.14. The summed E-state index contributed by atoms with van der Waals surface area (Å²) in [5.74, 6) is -1.15. The van der Waals surface area contributed by atoms with Crippen molar-refractivity contribution in [1.82, 2.24) is 4.98 Å². The van der Waals surface area contributed by atoms with Gasteiger partial charge >= 0.3 is 12.1 Å². The maximum absolute atomic E-state index is 12.4. The molecule has 0 bridgehead atoms. The summed E-state index contributed by atoms with van der Waals surface area (Å²) in [7, 11) is 1.52. The van der Waals surface area contributed by atoms with Crippen molar-refractivity contribution in [3.8, 4) is 11.1 Å². The number of amides is 1. The number of aromatic carboxylic acids is 1. The van der Waals surface area contributed by atoms with Crippen molar-refractivity contribution >= 4 is 28.5 Å². The average Bonchev–Trinajstić information content (AvgIpc) is 3.29. The minimum absolute atomic E-state index is 0.0272. The van der Waals surface area contributed by atoms with E-state index >= 15 is 0 Å². The molecular formula is C20H16N2O4S. The first-order valence-corrected chi connectivity index (χ1v) is 9.21. The van der Waals surface area contributed by atoms with Gasteiger partial charge in [0.15, 0.2) is 10.8 Å². The third kappa shape index (κ3) is 3.06. The predicted molar refractivity (Wildman–Crippen MR) is 103 cm³/mol. The Labute approximate surface area is 159 Å². The van der Waals surface area contributed by atoms with Gasteiger partial charge < -0.3 is 9.84 Å². The van der Waals surface area contributed by atoms with Crippen LogP contribution in [0.5, 0.6) is 0 Å². The van der Waals surface area contributed by atoms with Crippen molar-refractivity contribution in [3.05, 3.63) is 70.7 Å². The Bertz CT molecular complexity index is 985. The molecule has 0 saturated heterocycles. The molecule has 0 fully saturated rings. The number of carbonyl (C=O) groups excluding carboxylic acids is 1. The van der Waals surface area contributed by atoms with Gasteiger partial charge in [-0.15, -0.1) is 11.3 Å². The van der Waals surface area contributed by atoms with E-state index in [1.165, 1.54) is 17.3 Å². The lowest BCUT2D eigenvalue weighted by molar-refractivity contribution is 0.0691. The molecule has 0 aliphatic heterocycles. The van der Waals surface area contributed by atoms with E-state index in [-0.39, 0.29) is 23.4 Å². The van der Waals surface area contributed by atoms with Crippen LogP contribution in [0, 0.1) is 0 Å². The number of carboxylic acids is 1.